The maximum absolute atomic E-state index is 5.57. The molecule has 2 aliphatic rings. The van der Waals surface area contributed by atoms with Crippen molar-refractivity contribution in [1.82, 2.24) is 13.6 Å². The molecule has 0 N–H and O–H groups in total. The molecule has 2 aliphatic heterocycles. The van der Waals surface area contributed by atoms with Gasteiger partial charge in [0.05, 0.1) is 24.9 Å². The third-order valence-corrected chi connectivity index (χ3v) is 5.23. The van der Waals surface area contributed by atoms with E-state index in [1.54, 1.807) is 11.8 Å². The van der Waals surface area contributed by atoms with Crippen molar-refractivity contribution in [1.29, 1.82) is 0 Å². The molecule has 1 aromatic rings. The van der Waals surface area contributed by atoms with Crippen LogP contribution in [0.4, 0.5) is 0 Å². The Morgan fingerprint density at radius 2 is 2.24 bits per heavy atom. The molecule has 1 aromatic heterocycles. The van der Waals surface area contributed by atoms with Crippen LogP contribution in [0, 0.1) is 0 Å². The second-order valence-electron chi connectivity index (χ2n) is 5.34. The second-order valence-corrected chi connectivity index (χ2v) is 6.95. The molecule has 0 radical (unpaired) electrons. The van der Waals surface area contributed by atoms with Crippen LogP contribution in [0.5, 0.6) is 0 Å². The largest absolute Gasteiger partial charge is 0.353 e. The van der Waals surface area contributed by atoms with Crippen molar-refractivity contribution in [2.45, 2.75) is 30.6 Å². The molecule has 0 amide bonds. The standard InChI is InChI=1S/C14H21N3O2S2/c1-17-6-2-4-11(10-17)13-14(16-21-15-13)20-9-5-12-18-7-3-8-19-12/h4,12H,2-3,5-10H2,1H3. The van der Waals surface area contributed by atoms with Gasteiger partial charge in [-0.2, -0.15) is 8.75 Å². The summed E-state index contributed by atoms with van der Waals surface area (Å²) in [6.45, 7) is 3.73. The summed E-state index contributed by atoms with van der Waals surface area (Å²) in [5, 5.41) is 1.05. The van der Waals surface area contributed by atoms with E-state index in [0.717, 1.165) is 62.0 Å². The fourth-order valence-electron chi connectivity index (χ4n) is 2.49. The van der Waals surface area contributed by atoms with Gasteiger partial charge in [0.1, 0.15) is 10.7 Å². The molecule has 0 aromatic carbocycles. The number of ether oxygens (including phenoxy) is 2. The number of aromatic nitrogens is 2. The first-order valence-electron chi connectivity index (χ1n) is 7.39. The topological polar surface area (TPSA) is 47.5 Å². The highest BCUT2D eigenvalue weighted by Gasteiger charge is 2.19. The van der Waals surface area contributed by atoms with Gasteiger partial charge in [-0.25, -0.2) is 0 Å². The van der Waals surface area contributed by atoms with E-state index in [-0.39, 0.29) is 6.29 Å². The van der Waals surface area contributed by atoms with Crippen molar-refractivity contribution in [2.75, 3.05) is 39.1 Å². The fourth-order valence-corrected chi connectivity index (χ4v) is 4.16. The normalized spacial score (nSPS) is 21.5. The molecule has 3 heterocycles. The van der Waals surface area contributed by atoms with Crippen molar-refractivity contribution in [2.24, 2.45) is 0 Å². The number of nitrogens with zero attached hydrogens (tertiary/aromatic N) is 3. The minimum atomic E-state index is -0.0404. The molecule has 21 heavy (non-hydrogen) atoms. The zero-order chi connectivity index (χ0) is 14.5. The van der Waals surface area contributed by atoms with Gasteiger partial charge in [-0.1, -0.05) is 6.08 Å². The van der Waals surface area contributed by atoms with Crippen LogP contribution < -0.4 is 0 Å². The summed E-state index contributed by atoms with van der Waals surface area (Å²) in [5.74, 6) is 0.951. The lowest BCUT2D eigenvalue weighted by atomic mass is 10.1. The number of hydrogen-bond donors (Lipinski definition) is 0. The van der Waals surface area contributed by atoms with E-state index in [0.29, 0.717) is 0 Å². The highest BCUT2D eigenvalue weighted by molar-refractivity contribution is 7.99. The molecule has 3 rings (SSSR count). The minimum Gasteiger partial charge on any atom is -0.353 e. The average Bonchev–Trinajstić information content (AvgIpc) is 2.97. The lowest BCUT2D eigenvalue weighted by molar-refractivity contribution is -0.178. The van der Waals surface area contributed by atoms with Gasteiger partial charge in [0.25, 0.3) is 0 Å². The summed E-state index contributed by atoms with van der Waals surface area (Å²) in [4.78, 5) is 2.33. The summed E-state index contributed by atoms with van der Waals surface area (Å²) >= 11 is 3.06. The maximum Gasteiger partial charge on any atom is 0.158 e. The molecule has 1 fully saturated rings. The van der Waals surface area contributed by atoms with Crippen LogP contribution in [0.15, 0.2) is 11.1 Å². The van der Waals surface area contributed by atoms with Gasteiger partial charge in [-0.3, -0.25) is 0 Å². The Hall–Kier alpha value is -0.470. The Balaban J connectivity index is 1.54. The maximum atomic E-state index is 5.57. The third-order valence-electron chi connectivity index (χ3n) is 3.59. The molecule has 0 atom stereocenters. The Bertz CT molecular complexity index is 486. The number of rotatable bonds is 5. The first kappa shape index (κ1) is 15.4. The van der Waals surface area contributed by atoms with E-state index in [2.05, 4.69) is 26.8 Å². The summed E-state index contributed by atoms with van der Waals surface area (Å²) in [6, 6.07) is 0. The molecule has 1 saturated heterocycles. The molecule has 0 unspecified atom stereocenters. The summed E-state index contributed by atoms with van der Waals surface area (Å²) in [5.41, 5.74) is 2.38. The summed E-state index contributed by atoms with van der Waals surface area (Å²) < 4.78 is 20.1. The van der Waals surface area contributed by atoms with Crippen LogP contribution in [-0.2, 0) is 9.47 Å². The Morgan fingerprint density at radius 3 is 3.05 bits per heavy atom. The van der Waals surface area contributed by atoms with Crippen molar-refractivity contribution >= 4 is 29.1 Å². The first-order valence-corrected chi connectivity index (χ1v) is 9.11. The predicted molar refractivity (Wildman–Crippen MR) is 85.7 cm³/mol. The number of likely N-dealkylation sites (N-methyl/N-ethyl adjacent to an activating group) is 1. The smallest absolute Gasteiger partial charge is 0.158 e. The van der Waals surface area contributed by atoms with Gasteiger partial charge in [0.2, 0.25) is 0 Å². The van der Waals surface area contributed by atoms with Gasteiger partial charge >= 0.3 is 0 Å². The molecule has 0 aliphatic carbocycles. The van der Waals surface area contributed by atoms with Crippen LogP contribution >= 0.6 is 23.5 Å². The van der Waals surface area contributed by atoms with Crippen LogP contribution in [0.2, 0.25) is 0 Å². The molecular weight excluding hydrogens is 306 g/mol. The molecule has 0 saturated carbocycles. The highest BCUT2D eigenvalue weighted by Crippen LogP contribution is 2.29. The summed E-state index contributed by atoms with van der Waals surface area (Å²) in [6.07, 6.45) is 5.26. The Labute approximate surface area is 134 Å². The first-order chi connectivity index (χ1) is 10.3. The number of thioether (sulfide) groups is 1. The van der Waals surface area contributed by atoms with Crippen molar-refractivity contribution < 1.29 is 9.47 Å². The quantitative estimate of drug-likeness (QED) is 0.775. The van der Waals surface area contributed by atoms with Crippen LogP contribution in [-0.4, -0.2) is 59.0 Å². The Kier molecular flexibility index (Phi) is 5.65. The third kappa shape index (κ3) is 4.26. The van der Waals surface area contributed by atoms with Gasteiger partial charge in [0, 0.05) is 25.3 Å². The molecular formula is C14H21N3O2S2. The lowest BCUT2D eigenvalue weighted by Gasteiger charge is -2.23. The monoisotopic (exact) mass is 327 g/mol. The minimum absolute atomic E-state index is 0.0404. The zero-order valence-electron chi connectivity index (χ0n) is 12.3. The van der Waals surface area contributed by atoms with Crippen LogP contribution in [0.1, 0.15) is 25.0 Å². The molecule has 7 heteroatoms. The molecule has 0 spiro atoms. The zero-order valence-corrected chi connectivity index (χ0v) is 13.9. The lowest BCUT2D eigenvalue weighted by Crippen LogP contribution is -2.25. The van der Waals surface area contributed by atoms with Crippen LogP contribution in [0.3, 0.4) is 0 Å². The van der Waals surface area contributed by atoms with Crippen molar-refractivity contribution in [3.05, 3.63) is 11.8 Å². The van der Waals surface area contributed by atoms with Crippen LogP contribution in [0.25, 0.3) is 5.57 Å². The van der Waals surface area contributed by atoms with E-state index in [1.807, 2.05) is 0 Å². The van der Waals surface area contributed by atoms with Gasteiger partial charge in [-0.05, 0) is 25.5 Å². The van der Waals surface area contributed by atoms with Crippen molar-refractivity contribution in [3.63, 3.8) is 0 Å². The predicted octanol–water partition coefficient (Wildman–Crippen LogP) is 2.50. The fraction of sp³-hybridized carbons (Fsp3) is 0.714. The average molecular weight is 327 g/mol. The molecule has 5 nitrogen and oxygen atoms in total. The molecule has 0 bridgehead atoms. The second kappa shape index (κ2) is 7.69. The van der Waals surface area contributed by atoms with Crippen molar-refractivity contribution in [3.8, 4) is 0 Å². The Morgan fingerprint density at radius 1 is 1.38 bits per heavy atom. The summed E-state index contributed by atoms with van der Waals surface area (Å²) in [7, 11) is 2.15. The van der Waals surface area contributed by atoms with E-state index < -0.39 is 0 Å². The van der Waals surface area contributed by atoms with E-state index >= 15 is 0 Å². The van der Waals surface area contributed by atoms with Gasteiger partial charge in [0.15, 0.2) is 6.29 Å². The van der Waals surface area contributed by atoms with E-state index in [9.17, 15) is 0 Å². The highest BCUT2D eigenvalue weighted by atomic mass is 32.2. The SMILES string of the molecule is CN1CCC=C(c2nsnc2SCCC2OCCCO2)C1. The van der Waals surface area contributed by atoms with E-state index in [1.165, 1.54) is 17.3 Å². The van der Waals surface area contributed by atoms with Gasteiger partial charge in [-0.15, -0.1) is 11.8 Å². The molecule has 116 valence electrons. The number of hydrogen-bond acceptors (Lipinski definition) is 7. The van der Waals surface area contributed by atoms with E-state index in [4.69, 9.17) is 9.47 Å². The van der Waals surface area contributed by atoms with Gasteiger partial charge < -0.3 is 14.4 Å².